The summed E-state index contributed by atoms with van der Waals surface area (Å²) in [6.45, 7) is 0.388. The van der Waals surface area contributed by atoms with E-state index in [1.165, 1.54) is 0 Å². The molecule has 1 unspecified atom stereocenters. The molecule has 1 saturated heterocycles. The van der Waals surface area contributed by atoms with Crippen LogP contribution < -0.4 is 10.1 Å². The predicted octanol–water partition coefficient (Wildman–Crippen LogP) is 0.755. The molecule has 1 heterocycles. The van der Waals surface area contributed by atoms with E-state index in [-0.39, 0.29) is 12.1 Å². The molecule has 1 aromatic carbocycles. The van der Waals surface area contributed by atoms with Gasteiger partial charge in [-0.15, -0.1) is 0 Å². The number of amides is 1. The van der Waals surface area contributed by atoms with Crippen LogP contribution in [0.4, 0.5) is 0 Å². The molecule has 0 aromatic heterocycles. The number of hydrogen-bond acceptors (Lipinski definition) is 3. The second-order valence-corrected chi connectivity index (χ2v) is 3.53. The second kappa shape index (κ2) is 3.90. The molecule has 4 nitrogen and oxygen atoms in total. The lowest BCUT2D eigenvalue weighted by molar-refractivity contribution is -0.126. The lowest BCUT2D eigenvalue weighted by Gasteiger charge is -2.21. The Morgan fingerprint density at radius 2 is 2.20 bits per heavy atom. The van der Waals surface area contributed by atoms with Crippen molar-refractivity contribution in [2.24, 2.45) is 0 Å². The third-order valence-corrected chi connectivity index (χ3v) is 2.66. The minimum Gasteiger partial charge on any atom is -0.496 e. The van der Waals surface area contributed by atoms with E-state index in [4.69, 9.17) is 4.74 Å². The molecule has 80 valence electrons. The van der Waals surface area contributed by atoms with E-state index in [9.17, 15) is 4.79 Å². The van der Waals surface area contributed by atoms with Gasteiger partial charge in [-0.3, -0.25) is 10.1 Å². The summed E-state index contributed by atoms with van der Waals surface area (Å²) in [7, 11) is 3.43. The molecule has 1 fully saturated rings. The number of para-hydroxylation sites is 1. The van der Waals surface area contributed by atoms with Gasteiger partial charge in [0.2, 0.25) is 5.91 Å². The number of nitrogens with zero attached hydrogens (tertiary/aromatic N) is 1. The molecule has 0 bridgehead atoms. The van der Waals surface area contributed by atoms with Gasteiger partial charge in [0.05, 0.1) is 13.7 Å². The zero-order valence-corrected chi connectivity index (χ0v) is 8.86. The topological polar surface area (TPSA) is 41.6 Å². The van der Waals surface area contributed by atoms with E-state index >= 15 is 0 Å². The number of carbonyl (C=O) groups excluding carboxylic acids is 1. The molecule has 4 heteroatoms. The van der Waals surface area contributed by atoms with E-state index in [2.05, 4.69) is 5.32 Å². The molecule has 1 aliphatic heterocycles. The molecule has 1 aliphatic rings. The first kappa shape index (κ1) is 9.98. The highest BCUT2D eigenvalue weighted by molar-refractivity contribution is 5.80. The van der Waals surface area contributed by atoms with Crippen LogP contribution in [0.2, 0.25) is 0 Å². The molecule has 0 spiro atoms. The molecular formula is C11H14N2O2. The molecule has 0 radical (unpaired) electrons. The van der Waals surface area contributed by atoms with E-state index in [1.54, 1.807) is 19.1 Å². The summed E-state index contributed by atoms with van der Waals surface area (Å²) in [6.07, 6.45) is -0.0753. The fourth-order valence-corrected chi connectivity index (χ4v) is 1.80. The Hall–Kier alpha value is -1.55. The van der Waals surface area contributed by atoms with Gasteiger partial charge in [0.25, 0.3) is 0 Å². The van der Waals surface area contributed by atoms with Crippen LogP contribution in [0.3, 0.4) is 0 Å². The maximum absolute atomic E-state index is 11.4. The molecule has 1 aromatic rings. The van der Waals surface area contributed by atoms with Crippen molar-refractivity contribution in [3.8, 4) is 5.75 Å². The fourth-order valence-electron chi connectivity index (χ4n) is 1.80. The van der Waals surface area contributed by atoms with Crippen molar-refractivity contribution in [3.05, 3.63) is 29.8 Å². The van der Waals surface area contributed by atoms with Crippen LogP contribution in [0.5, 0.6) is 5.75 Å². The van der Waals surface area contributed by atoms with Crippen LogP contribution in [-0.2, 0) is 4.79 Å². The largest absolute Gasteiger partial charge is 0.496 e. The van der Waals surface area contributed by atoms with Gasteiger partial charge in [0.15, 0.2) is 0 Å². The van der Waals surface area contributed by atoms with Gasteiger partial charge >= 0.3 is 0 Å². The summed E-state index contributed by atoms with van der Waals surface area (Å²) in [5, 5.41) is 3.14. The van der Waals surface area contributed by atoms with E-state index < -0.39 is 0 Å². The maximum atomic E-state index is 11.4. The number of nitrogens with one attached hydrogen (secondary N) is 1. The van der Waals surface area contributed by atoms with Crippen molar-refractivity contribution in [3.63, 3.8) is 0 Å². The highest BCUT2D eigenvalue weighted by Crippen LogP contribution is 2.28. The van der Waals surface area contributed by atoms with Crippen LogP contribution in [0.25, 0.3) is 0 Å². The van der Waals surface area contributed by atoms with Crippen LogP contribution >= 0.6 is 0 Å². The number of likely N-dealkylation sites (N-methyl/N-ethyl adjacent to an activating group) is 1. The molecule has 2 rings (SSSR count). The van der Waals surface area contributed by atoms with Crippen molar-refractivity contribution in [2.75, 3.05) is 20.7 Å². The number of ether oxygens (including phenoxy) is 1. The molecule has 0 aliphatic carbocycles. The zero-order chi connectivity index (χ0) is 10.8. The lowest BCUT2D eigenvalue weighted by atomic mass is 10.1. The van der Waals surface area contributed by atoms with Crippen LogP contribution in [0, 0.1) is 0 Å². The Bertz CT molecular complexity index is 379. The van der Waals surface area contributed by atoms with Gasteiger partial charge in [-0.25, -0.2) is 0 Å². The average molecular weight is 206 g/mol. The van der Waals surface area contributed by atoms with Gasteiger partial charge in [0, 0.05) is 12.6 Å². The number of carbonyl (C=O) groups is 1. The van der Waals surface area contributed by atoms with Crippen LogP contribution in [0.15, 0.2) is 24.3 Å². The Kier molecular flexibility index (Phi) is 2.60. The maximum Gasteiger partial charge on any atom is 0.237 e. The van der Waals surface area contributed by atoms with Crippen molar-refractivity contribution < 1.29 is 9.53 Å². The third kappa shape index (κ3) is 1.68. The molecule has 1 atom stereocenters. The number of rotatable bonds is 2. The van der Waals surface area contributed by atoms with Crippen molar-refractivity contribution in [1.82, 2.24) is 10.2 Å². The van der Waals surface area contributed by atoms with Gasteiger partial charge in [0.1, 0.15) is 11.9 Å². The minimum absolute atomic E-state index is 0.0753. The van der Waals surface area contributed by atoms with Crippen LogP contribution in [-0.4, -0.2) is 31.5 Å². The lowest BCUT2D eigenvalue weighted by Crippen LogP contribution is -2.26. The molecule has 1 N–H and O–H groups in total. The van der Waals surface area contributed by atoms with Gasteiger partial charge < -0.3 is 9.64 Å². The molecule has 0 saturated carbocycles. The van der Waals surface area contributed by atoms with Crippen molar-refractivity contribution >= 4 is 5.91 Å². The van der Waals surface area contributed by atoms with E-state index in [0.29, 0.717) is 6.54 Å². The predicted molar refractivity (Wildman–Crippen MR) is 56.5 cm³/mol. The zero-order valence-electron chi connectivity index (χ0n) is 8.86. The first-order valence-electron chi connectivity index (χ1n) is 4.86. The van der Waals surface area contributed by atoms with Crippen LogP contribution in [0.1, 0.15) is 11.7 Å². The molecule has 15 heavy (non-hydrogen) atoms. The standard InChI is InChI=1S/C11H14N2O2/c1-13-10(14)7-12-11(13)8-5-3-4-6-9(8)15-2/h3-6,11-12H,7H2,1-2H3. The first-order chi connectivity index (χ1) is 7.24. The smallest absolute Gasteiger partial charge is 0.237 e. The highest BCUT2D eigenvalue weighted by atomic mass is 16.5. The highest BCUT2D eigenvalue weighted by Gasteiger charge is 2.29. The summed E-state index contributed by atoms with van der Waals surface area (Å²) in [6, 6.07) is 7.72. The Morgan fingerprint density at radius 1 is 1.47 bits per heavy atom. The summed E-state index contributed by atoms with van der Waals surface area (Å²) in [4.78, 5) is 13.1. The van der Waals surface area contributed by atoms with Gasteiger partial charge in [-0.1, -0.05) is 18.2 Å². The molecule has 1 amide bonds. The van der Waals surface area contributed by atoms with E-state index in [1.807, 2.05) is 24.3 Å². The van der Waals surface area contributed by atoms with Crippen molar-refractivity contribution in [2.45, 2.75) is 6.17 Å². The number of benzene rings is 1. The Balaban J connectivity index is 2.33. The van der Waals surface area contributed by atoms with Gasteiger partial charge in [-0.05, 0) is 6.07 Å². The Labute approximate surface area is 88.8 Å². The average Bonchev–Trinajstić information content (AvgIpc) is 2.60. The number of methoxy groups -OCH3 is 1. The summed E-state index contributed by atoms with van der Waals surface area (Å²) in [5.41, 5.74) is 0.994. The minimum atomic E-state index is -0.0753. The summed E-state index contributed by atoms with van der Waals surface area (Å²) < 4.78 is 5.26. The SMILES string of the molecule is COc1ccccc1C1NCC(=O)N1C. The quantitative estimate of drug-likeness (QED) is 0.776. The first-order valence-corrected chi connectivity index (χ1v) is 4.86. The van der Waals surface area contributed by atoms with Gasteiger partial charge in [-0.2, -0.15) is 0 Å². The van der Waals surface area contributed by atoms with Crippen molar-refractivity contribution in [1.29, 1.82) is 0 Å². The monoisotopic (exact) mass is 206 g/mol. The molecular weight excluding hydrogens is 192 g/mol. The normalized spacial score (nSPS) is 20.8. The Morgan fingerprint density at radius 3 is 2.80 bits per heavy atom. The third-order valence-electron chi connectivity index (χ3n) is 2.66. The van der Waals surface area contributed by atoms with E-state index in [0.717, 1.165) is 11.3 Å². The summed E-state index contributed by atoms with van der Waals surface area (Å²) in [5.74, 6) is 0.905. The fraction of sp³-hybridized carbons (Fsp3) is 0.364. The summed E-state index contributed by atoms with van der Waals surface area (Å²) >= 11 is 0. The number of hydrogen-bond donors (Lipinski definition) is 1. The second-order valence-electron chi connectivity index (χ2n) is 3.53.